The molecule has 0 aliphatic carbocycles. The van der Waals surface area contributed by atoms with Crippen LogP contribution in [0, 0.1) is 5.92 Å². The van der Waals surface area contributed by atoms with E-state index in [-0.39, 0.29) is 23.5 Å². The number of hydrogen-bond acceptors (Lipinski definition) is 3. The number of nitrogens with one attached hydrogen (secondary N) is 2. The van der Waals surface area contributed by atoms with Crippen LogP contribution in [0.15, 0.2) is 30.3 Å². The molecule has 0 aliphatic heterocycles. The maximum absolute atomic E-state index is 12.6. The molecule has 2 amide bonds. The number of amides is 2. The first-order valence-electron chi connectivity index (χ1n) is 9.24. The lowest BCUT2D eigenvalue weighted by atomic mass is 10.00. The fraction of sp³-hybridized carbons (Fsp3) is 0.550. The van der Waals surface area contributed by atoms with Crippen molar-refractivity contribution in [2.24, 2.45) is 5.92 Å². The van der Waals surface area contributed by atoms with Crippen molar-refractivity contribution in [3.05, 3.63) is 35.9 Å². The molecule has 144 valence electrons. The van der Waals surface area contributed by atoms with Crippen LogP contribution in [0.2, 0.25) is 0 Å². The Kier molecular flexibility index (Phi) is 8.99. The van der Waals surface area contributed by atoms with E-state index in [9.17, 15) is 14.4 Å². The molecule has 0 aliphatic rings. The van der Waals surface area contributed by atoms with E-state index >= 15 is 0 Å². The second-order valence-corrected chi connectivity index (χ2v) is 7.08. The number of carbonyl (C=O) groups excluding carboxylic acids is 3. The molecule has 6 nitrogen and oxygen atoms in total. The number of hydrogen-bond donors (Lipinski definition) is 3. The predicted octanol–water partition coefficient (Wildman–Crippen LogP) is 0.854. The Bertz CT molecular complexity index is 602. The lowest BCUT2D eigenvalue weighted by Gasteiger charge is -2.25. The van der Waals surface area contributed by atoms with Gasteiger partial charge >= 0.3 is 0 Å². The molecule has 5 N–H and O–H groups in total. The molecular formula is C20H32N3O3+. The van der Waals surface area contributed by atoms with Gasteiger partial charge in [-0.15, -0.1) is 0 Å². The van der Waals surface area contributed by atoms with Crippen molar-refractivity contribution in [2.45, 2.75) is 65.1 Å². The minimum Gasteiger partial charge on any atom is -0.347 e. The average molecular weight is 362 g/mol. The Morgan fingerprint density at radius 1 is 1.04 bits per heavy atom. The number of ketones is 1. The monoisotopic (exact) mass is 362 g/mol. The molecule has 1 rings (SSSR count). The van der Waals surface area contributed by atoms with Gasteiger partial charge in [0.25, 0.3) is 5.91 Å². The number of benzene rings is 1. The van der Waals surface area contributed by atoms with E-state index in [0.717, 1.165) is 12.0 Å². The smallest absolute Gasteiger partial charge is 0.279 e. The van der Waals surface area contributed by atoms with Crippen LogP contribution in [0.25, 0.3) is 0 Å². The Balaban J connectivity index is 2.72. The van der Waals surface area contributed by atoms with E-state index in [1.807, 2.05) is 51.1 Å². The van der Waals surface area contributed by atoms with Gasteiger partial charge in [0, 0.05) is 6.42 Å². The molecule has 0 fully saturated rings. The number of rotatable bonds is 10. The molecule has 0 aromatic heterocycles. The molecule has 0 saturated heterocycles. The Hall–Kier alpha value is -2.21. The van der Waals surface area contributed by atoms with Crippen molar-refractivity contribution in [3.63, 3.8) is 0 Å². The van der Waals surface area contributed by atoms with Crippen molar-refractivity contribution in [2.75, 3.05) is 0 Å². The van der Waals surface area contributed by atoms with Gasteiger partial charge < -0.3 is 16.4 Å². The van der Waals surface area contributed by atoms with Crippen LogP contribution in [-0.2, 0) is 20.8 Å². The van der Waals surface area contributed by atoms with Gasteiger partial charge in [-0.2, -0.15) is 0 Å². The molecule has 1 aromatic carbocycles. The summed E-state index contributed by atoms with van der Waals surface area (Å²) in [6.45, 7) is 7.15. The van der Waals surface area contributed by atoms with E-state index in [4.69, 9.17) is 0 Å². The minimum atomic E-state index is -0.693. The van der Waals surface area contributed by atoms with Crippen molar-refractivity contribution >= 4 is 17.6 Å². The summed E-state index contributed by atoms with van der Waals surface area (Å²) in [6, 6.07) is 7.95. The normalized spacial score (nSPS) is 14.4. The summed E-state index contributed by atoms with van der Waals surface area (Å²) in [5.74, 6) is -0.767. The standard InChI is InChI=1S/C20H31N3O3/c1-5-9-17(14(4)24)22-20(26)18(13(2)3)23-19(25)16(21)12-15-10-7-6-8-11-15/h6-8,10-11,13,16-18H,5,9,12,21H2,1-4H3,(H,22,26)(H,23,25)/p+1/t16-,17+,18+/m1/s1. The van der Waals surface area contributed by atoms with E-state index in [2.05, 4.69) is 16.4 Å². The summed E-state index contributed by atoms with van der Waals surface area (Å²) < 4.78 is 0. The first-order chi connectivity index (χ1) is 12.3. The Morgan fingerprint density at radius 2 is 1.65 bits per heavy atom. The molecule has 26 heavy (non-hydrogen) atoms. The van der Waals surface area contributed by atoms with Crippen LogP contribution in [0.4, 0.5) is 0 Å². The summed E-state index contributed by atoms with van der Waals surface area (Å²) in [5, 5.41) is 5.57. The highest BCUT2D eigenvalue weighted by atomic mass is 16.2. The SMILES string of the molecule is CCC[C@H](NC(=O)[C@@H](NC(=O)[C@H]([NH3+])Cc1ccccc1)C(C)C)C(C)=O. The summed E-state index contributed by atoms with van der Waals surface area (Å²) in [6.07, 6.45) is 1.89. The summed E-state index contributed by atoms with van der Waals surface area (Å²) >= 11 is 0. The van der Waals surface area contributed by atoms with Crippen LogP contribution in [0.3, 0.4) is 0 Å². The van der Waals surface area contributed by atoms with Gasteiger partial charge in [-0.3, -0.25) is 14.4 Å². The van der Waals surface area contributed by atoms with Crippen LogP contribution in [-0.4, -0.2) is 35.7 Å². The highest BCUT2D eigenvalue weighted by Gasteiger charge is 2.29. The van der Waals surface area contributed by atoms with E-state index in [1.165, 1.54) is 6.92 Å². The third kappa shape index (κ3) is 6.96. The van der Waals surface area contributed by atoms with Gasteiger partial charge in [-0.05, 0) is 24.8 Å². The van der Waals surface area contributed by atoms with Crippen molar-refractivity contribution in [1.82, 2.24) is 10.6 Å². The zero-order valence-corrected chi connectivity index (χ0v) is 16.2. The molecule has 0 heterocycles. The minimum absolute atomic E-state index is 0.0758. The van der Waals surface area contributed by atoms with Gasteiger partial charge in [-0.1, -0.05) is 57.5 Å². The van der Waals surface area contributed by atoms with E-state index in [1.54, 1.807) is 0 Å². The molecule has 1 aromatic rings. The molecule has 0 saturated carbocycles. The zero-order chi connectivity index (χ0) is 19.7. The van der Waals surface area contributed by atoms with E-state index in [0.29, 0.717) is 12.8 Å². The summed E-state index contributed by atoms with van der Waals surface area (Å²) in [7, 11) is 0. The first-order valence-corrected chi connectivity index (χ1v) is 9.24. The molecule has 0 unspecified atom stereocenters. The maximum Gasteiger partial charge on any atom is 0.279 e. The van der Waals surface area contributed by atoms with Gasteiger partial charge in [0.05, 0.1) is 6.04 Å². The Morgan fingerprint density at radius 3 is 2.15 bits per heavy atom. The quantitative estimate of drug-likeness (QED) is 0.575. The number of quaternary nitrogens is 1. The van der Waals surface area contributed by atoms with Gasteiger partial charge in [0.2, 0.25) is 5.91 Å². The number of Topliss-reactive ketones (excluding diaryl/α,β-unsaturated/α-hetero) is 1. The van der Waals surface area contributed by atoms with Crippen molar-refractivity contribution in [1.29, 1.82) is 0 Å². The topological polar surface area (TPSA) is 103 Å². The lowest BCUT2D eigenvalue weighted by Crippen LogP contribution is -2.70. The fourth-order valence-electron chi connectivity index (χ4n) is 2.72. The van der Waals surface area contributed by atoms with Crippen LogP contribution in [0.1, 0.15) is 46.1 Å². The third-order valence-electron chi connectivity index (χ3n) is 4.33. The highest BCUT2D eigenvalue weighted by molar-refractivity contribution is 5.92. The van der Waals surface area contributed by atoms with Crippen LogP contribution in [0.5, 0.6) is 0 Å². The molecule has 0 bridgehead atoms. The molecule has 6 heteroatoms. The second-order valence-electron chi connectivity index (χ2n) is 7.08. The highest BCUT2D eigenvalue weighted by Crippen LogP contribution is 2.06. The van der Waals surface area contributed by atoms with Crippen LogP contribution < -0.4 is 16.4 Å². The molecule has 0 spiro atoms. The first kappa shape index (κ1) is 21.8. The average Bonchev–Trinajstić information content (AvgIpc) is 2.59. The van der Waals surface area contributed by atoms with Gasteiger partial charge in [0.15, 0.2) is 11.8 Å². The fourth-order valence-corrected chi connectivity index (χ4v) is 2.72. The Labute approximate surface area is 155 Å². The number of carbonyl (C=O) groups is 3. The molecule has 0 radical (unpaired) electrons. The summed E-state index contributed by atoms with van der Waals surface area (Å²) in [5.41, 5.74) is 4.95. The predicted molar refractivity (Wildman–Crippen MR) is 101 cm³/mol. The lowest BCUT2D eigenvalue weighted by molar-refractivity contribution is -0.403. The second kappa shape index (κ2) is 10.7. The largest absolute Gasteiger partial charge is 0.347 e. The van der Waals surface area contributed by atoms with E-state index < -0.39 is 18.1 Å². The zero-order valence-electron chi connectivity index (χ0n) is 16.2. The summed E-state index contributed by atoms with van der Waals surface area (Å²) in [4.78, 5) is 36.8. The van der Waals surface area contributed by atoms with Crippen molar-refractivity contribution in [3.8, 4) is 0 Å². The molecule has 3 atom stereocenters. The maximum atomic E-state index is 12.6. The van der Waals surface area contributed by atoms with Gasteiger partial charge in [0.1, 0.15) is 6.04 Å². The van der Waals surface area contributed by atoms with Crippen molar-refractivity contribution < 1.29 is 20.1 Å². The third-order valence-corrected chi connectivity index (χ3v) is 4.33. The van der Waals surface area contributed by atoms with Gasteiger partial charge in [-0.25, -0.2) is 0 Å². The van der Waals surface area contributed by atoms with Crippen LogP contribution >= 0.6 is 0 Å². The molecular weight excluding hydrogens is 330 g/mol.